The van der Waals surface area contributed by atoms with Gasteiger partial charge in [-0.2, -0.15) is 0 Å². The molecule has 0 atom stereocenters. The Morgan fingerprint density at radius 1 is 1.06 bits per heavy atom. The second kappa shape index (κ2) is 11.8. The highest BCUT2D eigenvalue weighted by molar-refractivity contribution is 7.99. The predicted molar refractivity (Wildman–Crippen MR) is 133 cm³/mol. The van der Waals surface area contributed by atoms with Crippen LogP contribution in [0.4, 0.5) is 10.1 Å². The molecule has 180 valence electrons. The molecule has 2 amide bonds. The minimum Gasteiger partial charge on any atom is -0.339 e. The summed E-state index contributed by atoms with van der Waals surface area (Å²) in [6.07, 6.45) is 0. The van der Waals surface area contributed by atoms with E-state index in [0.29, 0.717) is 47.4 Å². The van der Waals surface area contributed by atoms with Gasteiger partial charge in [-0.05, 0) is 56.2 Å². The zero-order valence-electron chi connectivity index (χ0n) is 19.9. The van der Waals surface area contributed by atoms with Crippen LogP contribution in [0.15, 0.2) is 53.7 Å². The van der Waals surface area contributed by atoms with Crippen molar-refractivity contribution in [3.05, 3.63) is 59.9 Å². The molecule has 0 spiro atoms. The Kier molecular flexibility index (Phi) is 8.81. The summed E-state index contributed by atoms with van der Waals surface area (Å²) in [5.74, 6) is 0.244. The van der Waals surface area contributed by atoms with Gasteiger partial charge in [0.2, 0.25) is 5.91 Å². The number of hydrogen-bond acceptors (Lipinski definition) is 5. The van der Waals surface area contributed by atoms with Gasteiger partial charge in [-0.3, -0.25) is 9.59 Å². The van der Waals surface area contributed by atoms with E-state index in [1.54, 1.807) is 47.4 Å². The molecule has 0 unspecified atom stereocenters. The number of aromatic nitrogens is 3. The summed E-state index contributed by atoms with van der Waals surface area (Å²) in [6, 6.07) is 13.3. The standard InChI is InChI=1S/C25H30FN5O2S/c1-5-30(6-2)24(33)18-11-13-19(14-12-18)27-22(32)16-34-25-29-28-23(31(25)15-17(3)4)20-9-7-8-10-21(20)26/h7-14,17H,5-6,15-16H2,1-4H3,(H,27,32). The van der Waals surface area contributed by atoms with Gasteiger partial charge in [-0.25, -0.2) is 4.39 Å². The summed E-state index contributed by atoms with van der Waals surface area (Å²) in [4.78, 5) is 26.7. The predicted octanol–water partition coefficient (Wildman–Crippen LogP) is 4.95. The van der Waals surface area contributed by atoms with E-state index in [1.165, 1.54) is 17.8 Å². The minimum absolute atomic E-state index is 0.0337. The molecule has 0 fully saturated rings. The van der Waals surface area contributed by atoms with Gasteiger partial charge in [0.15, 0.2) is 11.0 Å². The van der Waals surface area contributed by atoms with Crippen molar-refractivity contribution in [3.63, 3.8) is 0 Å². The number of nitrogens with zero attached hydrogens (tertiary/aromatic N) is 4. The number of carbonyl (C=O) groups excluding carboxylic acids is 2. The lowest BCUT2D eigenvalue weighted by Gasteiger charge is -2.18. The van der Waals surface area contributed by atoms with Crippen molar-refractivity contribution in [1.82, 2.24) is 19.7 Å². The smallest absolute Gasteiger partial charge is 0.253 e. The number of nitrogens with one attached hydrogen (secondary N) is 1. The number of amides is 2. The molecule has 0 bridgehead atoms. The average Bonchev–Trinajstić information content (AvgIpc) is 3.20. The summed E-state index contributed by atoms with van der Waals surface area (Å²) < 4.78 is 16.2. The summed E-state index contributed by atoms with van der Waals surface area (Å²) in [5, 5.41) is 11.8. The van der Waals surface area contributed by atoms with Crippen molar-refractivity contribution in [3.8, 4) is 11.4 Å². The molecule has 9 heteroatoms. The van der Waals surface area contributed by atoms with Gasteiger partial charge in [-0.1, -0.05) is 37.7 Å². The molecule has 2 aromatic carbocycles. The SMILES string of the molecule is CCN(CC)C(=O)c1ccc(NC(=O)CSc2nnc(-c3ccccc3F)n2CC(C)C)cc1. The van der Waals surface area contributed by atoms with Crippen LogP contribution in [0.5, 0.6) is 0 Å². The van der Waals surface area contributed by atoms with Gasteiger partial charge in [0.05, 0.1) is 11.3 Å². The van der Waals surface area contributed by atoms with E-state index in [9.17, 15) is 14.0 Å². The molecule has 34 heavy (non-hydrogen) atoms. The number of hydrogen-bond donors (Lipinski definition) is 1. The molecule has 0 saturated heterocycles. The lowest BCUT2D eigenvalue weighted by atomic mass is 10.2. The first-order valence-electron chi connectivity index (χ1n) is 11.3. The van der Waals surface area contributed by atoms with Gasteiger partial charge < -0.3 is 14.8 Å². The number of carbonyl (C=O) groups is 2. The maximum atomic E-state index is 14.3. The van der Waals surface area contributed by atoms with E-state index < -0.39 is 0 Å². The van der Waals surface area contributed by atoms with Gasteiger partial charge in [0.25, 0.3) is 5.91 Å². The summed E-state index contributed by atoms with van der Waals surface area (Å²) in [6.45, 7) is 9.88. The third-order valence-electron chi connectivity index (χ3n) is 5.18. The van der Waals surface area contributed by atoms with Crippen LogP contribution in [0.25, 0.3) is 11.4 Å². The molecular weight excluding hydrogens is 453 g/mol. The van der Waals surface area contributed by atoms with E-state index in [4.69, 9.17) is 0 Å². The number of thioether (sulfide) groups is 1. The fraction of sp³-hybridized carbons (Fsp3) is 0.360. The highest BCUT2D eigenvalue weighted by Crippen LogP contribution is 2.27. The zero-order valence-corrected chi connectivity index (χ0v) is 20.7. The van der Waals surface area contributed by atoms with Gasteiger partial charge in [0.1, 0.15) is 5.82 Å². The van der Waals surface area contributed by atoms with Crippen molar-refractivity contribution >= 4 is 29.3 Å². The first-order valence-corrected chi connectivity index (χ1v) is 12.3. The van der Waals surface area contributed by atoms with E-state index in [0.717, 1.165) is 0 Å². The summed E-state index contributed by atoms with van der Waals surface area (Å²) >= 11 is 1.25. The van der Waals surface area contributed by atoms with Crippen LogP contribution in [0, 0.1) is 11.7 Å². The Balaban J connectivity index is 1.67. The van der Waals surface area contributed by atoms with E-state index in [-0.39, 0.29) is 29.3 Å². The molecule has 3 aromatic rings. The monoisotopic (exact) mass is 483 g/mol. The molecule has 0 aliphatic rings. The van der Waals surface area contributed by atoms with Gasteiger partial charge in [0, 0.05) is 30.9 Å². The Morgan fingerprint density at radius 2 is 1.74 bits per heavy atom. The fourth-order valence-electron chi connectivity index (χ4n) is 3.48. The van der Waals surface area contributed by atoms with E-state index in [1.807, 2.05) is 18.4 Å². The third kappa shape index (κ3) is 6.22. The Labute approximate surface area is 203 Å². The normalized spacial score (nSPS) is 11.0. The van der Waals surface area contributed by atoms with Crippen molar-refractivity contribution in [2.45, 2.75) is 39.4 Å². The Morgan fingerprint density at radius 3 is 2.35 bits per heavy atom. The lowest BCUT2D eigenvalue weighted by molar-refractivity contribution is -0.113. The van der Waals surface area contributed by atoms with Crippen molar-refractivity contribution in [2.24, 2.45) is 5.92 Å². The van der Waals surface area contributed by atoms with E-state index >= 15 is 0 Å². The van der Waals surface area contributed by atoms with Crippen LogP contribution in [-0.4, -0.2) is 50.3 Å². The molecule has 1 N–H and O–H groups in total. The number of rotatable bonds is 10. The fourth-order valence-corrected chi connectivity index (χ4v) is 4.23. The largest absolute Gasteiger partial charge is 0.339 e. The number of anilines is 1. The number of benzene rings is 2. The summed E-state index contributed by atoms with van der Waals surface area (Å²) in [5.41, 5.74) is 1.57. The summed E-state index contributed by atoms with van der Waals surface area (Å²) in [7, 11) is 0. The molecule has 0 radical (unpaired) electrons. The lowest BCUT2D eigenvalue weighted by Crippen LogP contribution is -2.30. The van der Waals surface area contributed by atoms with Gasteiger partial charge in [-0.15, -0.1) is 10.2 Å². The Bertz CT molecular complexity index is 1130. The highest BCUT2D eigenvalue weighted by atomic mass is 32.2. The Hall–Kier alpha value is -3.20. The zero-order chi connectivity index (χ0) is 24.7. The highest BCUT2D eigenvalue weighted by Gasteiger charge is 2.19. The average molecular weight is 484 g/mol. The van der Waals surface area contributed by atoms with Crippen LogP contribution >= 0.6 is 11.8 Å². The van der Waals surface area contributed by atoms with Crippen LogP contribution < -0.4 is 5.32 Å². The minimum atomic E-state index is -0.364. The molecule has 7 nitrogen and oxygen atoms in total. The molecule has 1 aromatic heterocycles. The molecule has 0 aliphatic carbocycles. The second-order valence-corrected chi connectivity index (χ2v) is 9.12. The van der Waals surface area contributed by atoms with Crippen molar-refractivity contribution < 1.29 is 14.0 Å². The third-order valence-corrected chi connectivity index (χ3v) is 6.14. The van der Waals surface area contributed by atoms with Crippen LogP contribution in [-0.2, 0) is 11.3 Å². The maximum Gasteiger partial charge on any atom is 0.253 e. The second-order valence-electron chi connectivity index (χ2n) is 8.18. The molecule has 1 heterocycles. The topological polar surface area (TPSA) is 80.1 Å². The van der Waals surface area contributed by atoms with Crippen molar-refractivity contribution in [1.29, 1.82) is 0 Å². The number of halogens is 1. The molecule has 0 aliphatic heterocycles. The first kappa shape index (κ1) is 25.4. The molecular formula is C25H30FN5O2S. The van der Waals surface area contributed by atoms with E-state index in [2.05, 4.69) is 29.4 Å². The quantitative estimate of drug-likeness (QED) is 0.413. The first-order chi connectivity index (χ1) is 16.3. The molecule has 3 rings (SSSR count). The van der Waals surface area contributed by atoms with Crippen LogP contribution in [0.1, 0.15) is 38.1 Å². The van der Waals surface area contributed by atoms with Gasteiger partial charge >= 0.3 is 0 Å². The molecule has 0 saturated carbocycles. The van der Waals surface area contributed by atoms with Crippen LogP contribution in [0.2, 0.25) is 0 Å². The van der Waals surface area contributed by atoms with Crippen molar-refractivity contribution in [2.75, 3.05) is 24.2 Å². The maximum absolute atomic E-state index is 14.3. The van der Waals surface area contributed by atoms with Crippen LogP contribution in [0.3, 0.4) is 0 Å².